The minimum atomic E-state index is 0.00732. The normalized spacial score (nSPS) is 11.7. The lowest BCUT2D eigenvalue weighted by Gasteiger charge is -2.28. The molecule has 3 nitrogen and oxygen atoms in total. The average Bonchev–Trinajstić information content (AvgIpc) is 3.07. The minimum Gasteiger partial charge on any atom is -0.494 e. The van der Waals surface area contributed by atoms with Gasteiger partial charge in [-0.1, -0.05) is 109 Å². The van der Waals surface area contributed by atoms with Crippen LogP contribution >= 0.6 is 0 Å². The molecule has 0 aliphatic heterocycles. The largest absolute Gasteiger partial charge is 0.494 e. The van der Waals surface area contributed by atoms with Crippen LogP contribution in [0, 0.1) is 0 Å². The van der Waals surface area contributed by atoms with Crippen LogP contribution in [0.4, 0.5) is 17.1 Å². The molecular weight excluding hydrogens is 538 g/mol. The number of para-hydroxylation sites is 1. The number of nitrogens with zero attached hydrogens (tertiary/aromatic N) is 1. The third-order valence-corrected chi connectivity index (χ3v) is 8.20. The molecule has 0 aromatic heterocycles. The van der Waals surface area contributed by atoms with E-state index in [9.17, 15) is 5.11 Å². The second kappa shape index (κ2) is 12.1. The van der Waals surface area contributed by atoms with Crippen molar-refractivity contribution in [2.75, 3.05) is 4.90 Å². The lowest BCUT2D eigenvalue weighted by Crippen LogP contribution is -2.11. The van der Waals surface area contributed by atoms with Crippen LogP contribution < -0.4 is 4.90 Å². The van der Waals surface area contributed by atoms with Gasteiger partial charge < -0.3 is 14.7 Å². The molecule has 0 spiro atoms. The third-order valence-electron chi connectivity index (χ3n) is 8.20. The van der Waals surface area contributed by atoms with Crippen LogP contribution in [0.3, 0.4) is 0 Å². The van der Waals surface area contributed by atoms with Crippen LogP contribution in [0.25, 0.3) is 38.4 Å². The first-order valence-corrected chi connectivity index (χ1v) is 15.0. The lowest BCUT2D eigenvalue weighted by molar-refractivity contribution is 0.199. The van der Waals surface area contributed by atoms with E-state index < -0.39 is 0 Å². The van der Waals surface area contributed by atoms with Crippen LogP contribution in [0.5, 0.6) is 0 Å². The summed E-state index contributed by atoms with van der Waals surface area (Å²) in [5, 5.41) is 16.8. The summed E-state index contributed by atoms with van der Waals surface area (Å²) in [5.74, 6) is 0.826. The molecule has 0 atom stereocenters. The Bertz CT molecular complexity index is 2080. The van der Waals surface area contributed by atoms with Gasteiger partial charge in [0.05, 0.1) is 18.1 Å². The molecule has 7 aromatic carbocycles. The molecule has 0 fully saturated rings. The summed E-state index contributed by atoms with van der Waals surface area (Å²) < 4.78 is 6.05. The second-order valence-corrected chi connectivity index (χ2v) is 11.1. The van der Waals surface area contributed by atoms with Gasteiger partial charge in [0.15, 0.2) is 0 Å². The van der Waals surface area contributed by atoms with Crippen molar-refractivity contribution in [2.24, 2.45) is 0 Å². The number of anilines is 3. The Morgan fingerprint density at radius 1 is 0.591 bits per heavy atom. The van der Waals surface area contributed by atoms with Gasteiger partial charge in [0.2, 0.25) is 0 Å². The van der Waals surface area contributed by atoms with Crippen molar-refractivity contribution < 1.29 is 9.84 Å². The summed E-state index contributed by atoms with van der Waals surface area (Å²) >= 11 is 0. The van der Waals surface area contributed by atoms with Crippen molar-refractivity contribution in [3.8, 4) is 0 Å². The number of ether oxygens (including phenoxy) is 1. The topological polar surface area (TPSA) is 32.7 Å². The Hall–Kier alpha value is -5.38. The number of benzene rings is 7. The molecule has 0 heterocycles. The number of hydrogen-bond donors (Lipinski definition) is 1. The third kappa shape index (κ3) is 5.42. The number of fused-ring (bicyclic) bond motifs is 3. The quantitative estimate of drug-likeness (QED) is 0.145. The van der Waals surface area contributed by atoms with E-state index in [0.717, 1.165) is 39.2 Å². The van der Waals surface area contributed by atoms with Gasteiger partial charge in [-0.15, -0.1) is 0 Å². The number of aliphatic hydroxyl groups excluding tert-OH is 1. The molecule has 44 heavy (non-hydrogen) atoms. The van der Waals surface area contributed by atoms with Crippen LogP contribution in [0.15, 0.2) is 151 Å². The summed E-state index contributed by atoms with van der Waals surface area (Å²) in [6, 6.07) is 51.2. The van der Waals surface area contributed by atoms with E-state index >= 15 is 0 Å². The monoisotopic (exact) mass is 571 g/mol. The average molecular weight is 572 g/mol. The molecule has 7 aromatic rings. The van der Waals surface area contributed by atoms with Gasteiger partial charge in [0.25, 0.3) is 0 Å². The van der Waals surface area contributed by atoms with Crippen LogP contribution in [0.2, 0.25) is 0 Å². The number of hydrogen-bond acceptors (Lipinski definition) is 3. The molecule has 0 aliphatic carbocycles. The lowest BCUT2D eigenvalue weighted by atomic mass is 9.98. The highest BCUT2D eigenvalue weighted by Crippen LogP contribution is 2.44. The van der Waals surface area contributed by atoms with E-state index in [0.29, 0.717) is 6.61 Å². The molecule has 0 saturated heterocycles. The zero-order valence-corrected chi connectivity index (χ0v) is 24.7. The number of allylic oxidation sites excluding steroid dienone is 1. The zero-order valence-electron chi connectivity index (χ0n) is 24.7. The van der Waals surface area contributed by atoms with E-state index in [2.05, 4.69) is 132 Å². The first-order valence-electron chi connectivity index (χ1n) is 15.0. The maximum atomic E-state index is 9.62. The van der Waals surface area contributed by atoms with Crippen LogP contribution in [0.1, 0.15) is 23.6 Å². The van der Waals surface area contributed by atoms with Gasteiger partial charge in [0.1, 0.15) is 6.61 Å². The second-order valence-electron chi connectivity index (χ2n) is 11.1. The first kappa shape index (κ1) is 27.5. The smallest absolute Gasteiger partial charge is 0.113 e. The Morgan fingerprint density at radius 2 is 1.20 bits per heavy atom. The molecule has 0 radical (unpaired) electrons. The van der Waals surface area contributed by atoms with Crippen molar-refractivity contribution >= 4 is 55.5 Å². The van der Waals surface area contributed by atoms with Gasteiger partial charge in [0, 0.05) is 22.1 Å². The van der Waals surface area contributed by atoms with E-state index in [-0.39, 0.29) is 6.61 Å². The predicted molar refractivity (Wildman–Crippen MR) is 184 cm³/mol. The maximum absolute atomic E-state index is 9.62. The number of rotatable bonds is 8. The first-order chi connectivity index (χ1) is 21.7. The maximum Gasteiger partial charge on any atom is 0.113 e. The molecule has 0 bridgehead atoms. The van der Waals surface area contributed by atoms with Crippen molar-refractivity contribution in [3.05, 3.63) is 168 Å². The highest BCUT2D eigenvalue weighted by Gasteiger charge is 2.19. The van der Waals surface area contributed by atoms with Crippen molar-refractivity contribution in [3.63, 3.8) is 0 Å². The minimum absolute atomic E-state index is 0.00732. The molecule has 0 unspecified atom stereocenters. The van der Waals surface area contributed by atoms with E-state index in [1.54, 1.807) is 0 Å². The van der Waals surface area contributed by atoms with Crippen LogP contribution in [-0.4, -0.2) is 5.11 Å². The van der Waals surface area contributed by atoms with Gasteiger partial charge in [-0.3, -0.25) is 0 Å². The van der Waals surface area contributed by atoms with E-state index in [1.165, 1.54) is 32.6 Å². The van der Waals surface area contributed by atoms with Crippen LogP contribution in [-0.2, 0) is 18.0 Å². The van der Waals surface area contributed by atoms with Crippen molar-refractivity contribution in [2.45, 2.75) is 20.1 Å². The fraction of sp³-hybridized carbons (Fsp3) is 0.0732. The standard InChI is InChI=1S/C41H33NO2/c1-29(44-28-36-14-6-5-13-35(36)27-43)23-30-19-20-32-26-38(22-21-31(32)24-30)42(37-15-3-2-4-16-37)41-39-17-9-7-11-33(39)25-34-12-8-10-18-40(34)41/h2-26,43H,27-28H2,1H3. The Kier molecular flexibility index (Phi) is 7.54. The van der Waals surface area contributed by atoms with Gasteiger partial charge in [-0.05, 0) is 87.6 Å². The predicted octanol–water partition coefficient (Wildman–Crippen LogP) is 10.7. The Balaban J connectivity index is 1.27. The van der Waals surface area contributed by atoms with E-state index in [1.807, 2.05) is 31.2 Å². The molecule has 0 aliphatic rings. The summed E-state index contributed by atoms with van der Waals surface area (Å²) in [4.78, 5) is 2.39. The molecule has 7 rings (SSSR count). The molecule has 0 saturated carbocycles. The highest BCUT2D eigenvalue weighted by atomic mass is 16.5. The molecule has 1 N–H and O–H groups in total. The van der Waals surface area contributed by atoms with Crippen molar-refractivity contribution in [1.29, 1.82) is 0 Å². The van der Waals surface area contributed by atoms with Gasteiger partial charge in [-0.25, -0.2) is 0 Å². The molecular formula is C41H33NO2. The van der Waals surface area contributed by atoms with Gasteiger partial charge in [-0.2, -0.15) is 0 Å². The number of aliphatic hydroxyl groups is 1. The SMILES string of the molecule is CC(=Cc1ccc2cc(N(c3ccccc3)c3c4ccccc4cc4ccccc34)ccc2c1)OCc1ccccc1CO. The Labute approximate surface area is 257 Å². The summed E-state index contributed by atoms with van der Waals surface area (Å²) in [6.07, 6.45) is 2.06. The fourth-order valence-corrected chi connectivity index (χ4v) is 6.02. The molecule has 0 amide bonds. The van der Waals surface area contributed by atoms with E-state index in [4.69, 9.17) is 4.74 Å². The van der Waals surface area contributed by atoms with Crippen molar-refractivity contribution in [1.82, 2.24) is 0 Å². The van der Waals surface area contributed by atoms with Gasteiger partial charge >= 0.3 is 0 Å². The highest BCUT2D eigenvalue weighted by molar-refractivity contribution is 6.14. The zero-order chi connectivity index (χ0) is 29.9. The summed E-state index contributed by atoms with van der Waals surface area (Å²) in [6.45, 7) is 2.41. The Morgan fingerprint density at radius 3 is 1.93 bits per heavy atom. The fourth-order valence-electron chi connectivity index (χ4n) is 6.02. The molecule has 214 valence electrons. The molecule has 3 heteroatoms. The summed E-state index contributed by atoms with van der Waals surface area (Å²) in [7, 11) is 0. The summed E-state index contributed by atoms with van der Waals surface area (Å²) in [5.41, 5.74) is 6.37.